The van der Waals surface area contributed by atoms with Crippen LogP contribution in [0.1, 0.15) is 19.3 Å². The van der Waals surface area contributed by atoms with Gasteiger partial charge in [-0.1, -0.05) is 0 Å². The van der Waals surface area contributed by atoms with Crippen LogP contribution in [0.2, 0.25) is 0 Å². The number of nitrogens with one attached hydrogen (secondary N) is 2. The first-order valence-corrected chi connectivity index (χ1v) is 8.43. The van der Waals surface area contributed by atoms with E-state index in [1.54, 1.807) is 6.26 Å². The lowest BCUT2D eigenvalue weighted by Crippen LogP contribution is -2.32. The average Bonchev–Trinajstić information content (AvgIpc) is 2.47. The molecule has 0 aliphatic carbocycles. The van der Waals surface area contributed by atoms with Crippen LogP contribution in [-0.2, 0) is 10.8 Å². The summed E-state index contributed by atoms with van der Waals surface area (Å²) in [6.45, 7) is 2.45. The van der Waals surface area contributed by atoms with Crippen molar-refractivity contribution in [3.05, 3.63) is 0 Å². The molecule has 0 amide bonds. The second kappa shape index (κ2) is 7.34. The number of rotatable bonds is 6. The molecule has 1 atom stereocenters. The Kier molecular flexibility index (Phi) is 5.48. The minimum absolute atomic E-state index is 0.334. The Hall–Kier alpha value is -1.48. The maximum Gasteiger partial charge on any atom is 0.243 e. The first-order valence-electron chi connectivity index (χ1n) is 6.70. The molecule has 1 saturated heterocycles. The van der Waals surface area contributed by atoms with Crippen molar-refractivity contribution in [1.29, 1.82) is 0 Å². The SMILES string of the molecule is CS(=O)CCNc1nc(NN)nc(N2CCCCC2)n1. The molecule has 112 valence electrons. The van der Waals surface area contributed by atoms with Gasteiger partial charge in [-0.2, -0.15) is 15.0 Å². The molecule has 1 unspecified atom stereocenters. The van der Waals surface area contributed by atoms with Crippen LogP contribution in [-0.4, -0.2) is 50.8 Å². The van der Waals surface area contributed by atoms with Crippen molar-refractivity contribution in [2.75, 3.05) is 47.3 Å². The molecule has 0 radical (unpaired) electrons. The highest BCUT2D eigenvalue weighted by molar-refractivity contribution is 7.84. The third-order valence-corrected chi connectivity index (χ3v) is 3.84. The fraction of sp³-hybridized carbons (Fsp3) is 0.727. The normalized spacial score (nSPS) is 16.8. The summed E-state index contributed by atoms with van der Waals surface area (Å²) in [4.78, 5) is 15.0. The van der Waals surface area contributed by atoms with Crippen molar-refractivity contribution in [3.8, 4) is 0 Å². The van der Waals surface area contributed by atoms with E-state index in [4.69, 9.17) is 5.84 Å². The summed E-state index contributed by atoms with van der Waals surface area (Å²) in [5.41, 5.74) is 2.46. The van der Waals surface area contributed by atoms with Crippen LogP contribution < -0.4 is 21.5 Å². The Morgan fingerprint density at radius 1 is 1.20 bits per heavy atom. The second-order valence-corrected chi connectivity index (χ2v) is 6.23. The van der Waals surface area contributed by atoms with Crippen LogP contribution in [0.5, 0.6) is 0 Å². The van der Waals surface area contributed by atoms with Gasteiger partial charge in [0.25, 0.3) is 0 Å². The summed E-state index contributed by atoms with van der Waals surface area (Å²) in [7, 11) is -0.840. The van der Waals surface area contributed by atoms with Crippen LogP contribution >= 0.6 is 0 Å². The van der Waals surface area contributed by atoms with Crippen molar-refractivity contribution in [2.45, 2.75) is 19.3 Å². The maximum absolute atomic E-state index is 11.0. The number of anilines is 3. The Bertz CT molecular complexity index is 464. The van der Waals surface area contributed by atoms with E-state index in [1.807, 2.05) is 0 Å². The largest absolute Gasteiger partial charge is 0.353 e. The highest BCUT2D eigenvalue weighted by atomic mass is 32.2. The van der Waals surface area contributed by atoms with E-state index in [9.17, 15) is 4.21 Å². The van der Waals surface area contributed by atoms with Crippen LogP contribution in [0.3, 0.4) is 0 Å². The van der Waals surface area contributed by atoms with E-state index in [1.165, 1.54) is 6.42 Å². The van der Waals surface area contributed by atoms with Gasteiger partial charge in [0.1, 0.15) is 0 Å². The molecule has 1 fully saturated rings. The Morgan fingerprint density at radius 3 is 2.55 bits per heavy atom. The predicted molar refractivity (Wildman–Crippen MR) is 81.1 cm³/mol. The molecular formula is C11H21N7OS. The number of nitrogens with two attached hydrogens (primary N) is 1. The van der Waals surface area contributed by atoms with E-state index in [0.717, 1.165) is 25.9 Å². The number of hydrazine groups is 1. The van der Waals surface area contributed by atoms with Gasteiger partial charge < -0.3 is 10.2 Å². The number of nitrogen functional groups attached to an aromatic ring is 1. The quantitative estimate of drug-likeness (QED) is 0.495. The lowest BCUT2D eigenvalue weighted by atomic mass is 10.1. The third kappa shape index (κ3) is 4.27. The van der Waals surface area contributed by atoms with Crippen LogP contribution in [0, 0.1) is 0 Å². The van der Waals surface area contributed by atoms with Crippen molar-refractivity contribution in [3.63, 3.8) is 0 Å². The summed E-state index contributed by atoms with van der Waals surface area (Å²) in [5.74, 6) is 7.37. The zero-order chi connectivity index (χ0) is 14.4. The monoisotopic (exact) mass is 299 g/mol. The van der Waals surface area contributed by atoms with E-state index < -0.39 is 10.8 Å². The van der Waals surface area contributed by atoms with Gasteiger partial charge in [0.05, 0.1) is 0 Å². The van der Waals surface area contributed by atoms with Crippen molar-refractivity contribution < 1.29 is 4.21 Å². The number of nitrogens with zero attached hydrogens (tertiary/aromatic N) is 4. The summed E-state index contributed by atoms with van der Waals surface area (Å²) in [6.07, 6.45) is 5.21. The lowest BCUT2D eigenvalue weighted by Gasteiger charge is -2.26. The van der Waals surface area contributed by atoms with Gasteiger partial charge in [0.2, 0.25) is 17.8 Å². The molecule has 9 heteroatoms. The van der Waals surface area contributed by atoms with Gasteiger partial charge in [0, 0.05) is 42.4 Å². The Morgan fingerprint density at radius 2 is 1.90 bits per heavy atom. The number of piperidine rings is 1. The zero-order valence-electron chi connectivity index (χ0n) is 11.6. The van der Waals surface area contributed by atoms with Gasteiger partial charge in [0.15, 0.2) is 0 Å². The summed E-state index contributed by atoms with van der Waals surface area (Å²) in [5, 5.41) is 3.05. The first kappa shape index (κ1) is 14.9. The molecule has 8 nitrogen and oxygen atoms in total. The molecule has 1 aliphatic heterocycles. The molecule has 0 saturated carbocycles. The average molecular weight is 299 g/mol. The number of hydrogen-bond acceptors (Lipinski definition) is 8. The molecule has 0 aromatic carbocycles. The first-order chi connectivity index (χ1) is 9.69. The topological polar surface area (TPSA) is 109 Å². The van der Waals surface area contributed by atoms with Crippen LogP contribution in [0.4, 0.5) is 17.8 Å². The van der Waals surface area contributed by atoms with E-state index in [2.05, 4.69) is 30.6 Å². The maximum atomic E-state index is 11.0. The van der Waals surface area contributed by atoms with Gasteiger partial charge in [-0.15, -0.1) is 0 Å². The molecule has 20 heavy (non-hydrogen) atoms. The van der Waals surface area contributed by atoms with Crippen LogP contribution in [0.25, 0.3) is 0 Å². The summed E-state index contributed by atoms with van der Waals surface area (Å²) < 4.78 is 11.0. The molecule has 1 aliphatic rings. The Labute approximate surface area is 121 Å². The van der Waals surface area contributed by atoms with Crippen LogP contribution in [0.15, 0.2) is 0 Å². The number of aromatic nitrogens is 3. The predicted octanol–water partition coefficient (Wildman–Crippen LogP) is -0.0621. The van der Waals surface area contributed by atoms with Crippen molar-refractivity contribution in [2.24, 2.45) is 5.84 Å². The van der Waals surface area contributed by atoms with Crippen molar-refractivity contribution in [1.82, 2.24) is 15.0 Å². The molecular weight excluding hydrogens is 278 g/mol. The Balaban J connectivity index is 2.08. The highest BCUT2D eigenvalue weighted by Crippen LogP contribution is 2.18. The molecule has 0 bridgehead atoms. The third-order valence-electron chi connectivity index (χ3n) is 3.06. The standard InChI is InChI=1S/C11H21N7OS/c1-20(19)8-5-13-9-14-10(17-12)16-11(15-9)18-6-3-2-4-7-18/h2-8,12H2,1H3,(H2,13,14,15,16,17). The zero-order valence-corrected chi connectivity index (χ0v) is 12.4. The molecule has 2 heterocycles. The van der Waals surface area contributed by atoms with E-state index in [-0.39, 0.29) is 0 Å². The van der Waals surface area contributed by atoms with Gasteiger partial charge in [-0.25, -0.2) is 5.84 Å². The summed E-state index contributed by atoms with van der Waals surface area (Å²) >= 11 is 0. The smallest absolute Gasteiger partial charge is 0.243 e. The minimum Gasteiger partial charge on any atom is -0.353 e. The van der Waals surface area contributed by atoms with Gasteiger partial charge >= 0.3 is 0 Å². The van der Waals surface area contributed by atoms with Gasteiger partial charge in [-0.05, 0) is 19.3 Å². The van der Waals surface area contributed by atoms with Gasteiger partial charge in [-0.3, -0.25) is 9.63 Å². The molecule has 1 aromatic heterocycles. The van der Waals surface area contributed by atoms with E-state index in [0.29, 0.717) is 30.1 Å². The van der Waals surface area contributed by atoms with Crippen molar-refractivity contribution >= 4 is 28.6 Å². The minimum atomic E-state index is -0.840. The molecule has 4 N–H and O–H groups in total. The number of hydrogen-bond donors (Lipinski definition) is 3. The van der Waals surface area contributed by atoms with E-state index >= 15 is 0 Å². The fourth-order valence-electron chi connectivity index (χ4n) is 2.05. The molecule has 2 rings (SSSR count). The lowest BCUT2D eigenvalue weighted by molar-refractivity contribution is 0.568. The molecule has 1 aromatic rings. The highest BCUT2D eigenvalue weighted by Gasteiger charge is 2.15. The molecule has 0 spiro atoms. The fourth-order valence-corrected chi connectivity index (χ4v) is 2.44. The summed E-state index contributed by atoms with van der Waals surface area (Å²) in [6, 6.07) is 0. The second-order valence-electron chi connectivity index (χ2n) is 4.68.